The summed E-state index contributed by atoms with van der Waals surface area (Å²) in [7, 11) is 0. The fourth-order valence-electron chi connectivity index (χ4n) is 0.958. The minimum absolute atomic E-state index is 0.281. The predicted octanol–water partition coefficient (Wildman–Crippen LogP) is 3.20. The van der Waals surface area contributed by atoms with Crippen molar-refractivity contribution in [1.82, 2.24) is 0 Å². The van der Waals surface area contributed by atoms with Crippen LogP contribution in [0.4, 0.5) is 0 Å². The van der Waals surface area contributed by atoms with E-state index in [-0.39, 0.29) is 6.61 Å². The maximum atomic E-state index is 8.58. The molecule has 0 saturated heterocycles. The first-order valence-electron chi connectivity index (χ1n) is 4.33. The maximum absolute atomic E-state index is 8.58. The summed E-state index contributed by atoms with van der Waals surface area (Å²) >= 11 is 7.71. The van der Waals surface area contributed by atoms with Crippen molar-refractivity contribution in [2.45, 2.75) is 17.7 Å². The van der Waals surface area contributed by atoms with Gasteiger partial charge in [-0.3, -0.25) is 0 Å². The van der Waals surface area contributed by atoms with E-state index in [0.29, 0.717) is 0 Å². The third-order valence-corrected chi connectivity index (χ3v) is 3.25. The highest BCUT2D eigenvalue weighted by atomic mass is 35.5. The SMILES string of the molecule is OCCCCSc1ccccc1Cl. The minimum Gasteiger partial charge on any atom is -0.396 e. The lowest BCUT2D eigenvalue weighted by Gasteiger charge is -2.02. The molecule has 0 aliphatic rings. The van der Waals surface area contributed by atoms with Crippen molar-refractivity contribution in [2.24, 2.45) is 0 Å². The molecular formula is C10H13ClOS. The van der Waals surface area contributed by atoms with Crippen LogP contribution in [0, 0.1) is 0 Å². The number of aliphatic hydroxyl groups excluding tert-OH is 1. The zero-order chi connectivity index (χ0) is 9.52. The Morgan fingerprint density at radius 1 is 1.23 bits per heavy atom. The van der Waals surface area contributed by atoms with Gasteiger partial charge in [0.05, 0.1) is 5.02 Å². The highest BCUT2D eigenvalue weighted by Gasteiger charge is 1.98. The molecule has 0 fully saturated rings. The lowest BCUT2D eigenvalue weighted by molar-refractivity contribution is 0.287. The molecule has 0 bridgehead atoms. The van der Waals surface area contributed by atoms with Gasteiger partial charge in [0, 0.05) is 11.5 Å². The number of unbranched alkanes of at least 4 members (excludes halogenated alkanes) is 1. The summed E-state index contributed by atoms with van der Waals surface area (Å²) in [5.74, 6) is 1.02. The third-order valence-electron chi connectivity index (χ3n) is 1.65. The number of hydrogen-bond acceptors (Lipinski definition) is 2. The van der Waals surface area contributed by atoms with E-state index in [1.54, 1.807) is 11.8 Å². The highest BCUT2D eigenvalue weighted by Crippen LogP contribution is 2.26. The molecule has 0 radical (unpaired) electrons. The fourth-order valence-corrected chi connectivity index (χ4v) is 2.21. The van der Waals surface area contributed by atoms with E-state index >= 15 is 0 Å². The lowest BCUT2D eigenvalue weighted by atomic mass is 10.4. The zero-order valence-electron chi connectivity index (χ0n) is 7.37. The Hall–Kier alpha value is -0.180. The Labute approximate surface area is 88.1 Å². The van der Waals surface area contributed by atoms with Crippen LogP contribution in [0.1, 0.15) is 12.8 Å². The van der Waals surface area contributed by atoms with Crippen molar-refractivity contribution < 1.29 is 5.11 Å². The second-order valence-corrected chi connectivity index (χ2v) is 4.25. The maximum Gasteiger partial charge on any atom is 0.0541 e. The van der Waals surface area contributed by atoms with Gasteiger partial charge in [0.1, 0.15) is 0 Å². The first-order chi connectivity index (χ1) is 6.34. The second-order valence-electron chi connectivity index (χ2n) is 2.71. The largest absolute Gasteiger partial charge is 0.396 e. The van der Waals surface area contributed by atoms with Gasteiger partial charge in [-0.2, -0.15) is 0 Å². The van der Waals surface area contributed by atoms with Gasteiger partial charge in [-0.25, -0.2) is 0 Å². The number of hydrogen-bond donors (Lipinski definition) is 1. The van der Waals surface area contributed by atoms with Gasteiger partial charge in [-0.15, -0.1) is 11.8 Å². The summed E-state index contributed by atoms with van der Waals surface area (Å²) in [6.45, 7) is 0.281. The van der Waals surface area contributed by atoms with Crippen LogP contribution in [0.2, 0.25) is 5.02 Å². The molecule has 1 aromatic rings. The van der Waals surface area contributed by atoms with Gasteiger partial charge in [-0.1, -0.05) is 23.7 Å². The van der Waals surface area contributed by atoms with E-state index in [4.69, 9.17) is 16.7 Å². The molecule has 72 valence electrons. The van der Waals surface area contributed by atoms with Gasteiger partial charge in [-0.05, 0) is 30.7 Å². The van der Waals surface area contributed by atoms with Crippen molar-refractivity contribution in [1.29, 1.82) is 0 Å². The number of rotatable bonds is 5. The highest BCUT2D eigenvalue weighted by molar-refractivity contribution is 7.99. The minimum atomic E-state index is 0.281. The lowest BCUT2D eigenvalue weighted by Crippen LogP contribution is -1.85. The summed E-state index contributed by atoms with van der Waals surface area (Å²) in [5.41, 5.74) is 0. The smallest absolute Gasteiger partial charge is 0.0541 e. The number of thioether (sulfide) groups is 1. The molecule has 1 nitrogen and oxygen atoms in total. The Morgan fingerprint density at radius 3 is 2.69 bits per heavy atom. The molecule has 0 atom stereocenters. The summed E-state index contributed by atoms with van der Waals surface area (Å²) in [6, 6.07) is 7.84. The molecule has 1 aromatic carbocycles. The second kappa shape index (κ2) is 6.30. The van der Waals surface area contributed by atoms with Crippen LogP contribution in [0.15, 0.2) is 29.2 Å². The van der Waals surface area contributed by atoms with E-state index in [1.165, 1.54) is 0 Å². The predicted molar refractivity (Wildman–Crippen MR) is 58.5 cm³/mol. The van der Waals surface area contributed by atoms with Gasteiger partial charge in [0.25, 0.3) is 0 Å². The molecule has 13 heavy (non-hydrogen) atoms. The Kier molecular flexibility index (Phi) is 5.28. The van der Waals surface area contributed by atoms with Crippen LogP contribution in [0.3, 0.4) is 0 Å². The summed E-state index contributed by atoms with van der Waals surface area (Å²) in [5, 5.41) is 9.40. The van der Waals surface area contributed by atoms with Crippen LogP contribution in [-0.2, 0) is 0 Å². The van der Waals surface area contributed by atoms with Gasteiger partial charge in [0.2, 0.25) is 0 Å². The van der Waals surface area contributed by atoms with Crippen LogP contribution < -0.4 is 0 Å². The van der Waals surface area contributed by atoms with Gasteiger partial charge < -0.3 is 5.11 Å². The van der Waals surface area contributed by atoms with E-state index in [1.807, 2.05) is 24.3 Å². The summed E-state index contributed by atoms with van der Waals surface area (Å²) in [4.78, 5) is 1.13. The summed E-state index contributed by atoms with van der Waals surface area (Å²) in [6.07, 6.45) is 1.91. The van der Waals surface area contributed by atoms with E-state index in [2.05, 4.69) is 0 Å². The van der Waals surface area contributed by atoms with E-state index in [0.717, 1.165) is 28.5 Å². The average molecular weight is 217 g/mol. The van der Waals surface area contributed by atoms with Crippen molar-refractivity contribution in [3.8, 4) is 0 Å². The van der Waals surface area contributed by atoms with Crippen molar-refractivity contribution in [3.63, 3.8) is 0 Å². The summed E-state index contributed by atoms with van der Waals surface area (Å²) < 4.78 is 0. The van der Waals surface area contributed by atoms with Crippen molar-refractivity contribution >= 4 is 23.4 Å². The van der Waals surface area contributed by atoms with Crippen LogP contribution >= 0.6 is 23.4 Å². The topological polar surface area (TPSA) is 20.2 Å². The average Bonchev–Trinajstić information content (AvgIpc) is 2.15. The molecule has 0 aromatic heterocycles. The Bertz CT molecular complexity index is 252. The molecule has 1 rings (SSSR count). The molecule has 0 aliphatic heterocycles. The van der Waals surface area contributed by atoms with Gasteiger partial charge in [0.15, 0.2) is 0 Å². The Morgan fingerprint density at radius 2 is 2.00 bits per heavy atom. The molecule has 0 unspecified atom stereocenters. The normalized spacial score (nSPS) is 10.3. The standard InChI is InChI=1S/C10H13ClOS/c11-9-5-1-2-6-10(9)13-8-4-3-7-12/h1-2,5-6,12H,3-4,7-8H2. The van der Waals surface area contributed by atoms with Crippen LogP contribution in [-0.4, -0.2) is 17.5 Å². The monoisotopic (exact) mass is 216 g/mol. The molecule has 1 N–H and O–H groups in total. The molecule has 0 saturated carbocycles. The quantitative estimate of drug-likeness (QED) is 0.603. The van der Waals surface area contributed by atoms with E-state index in [9.17, 15) is 0 Å². The number of benzene rings is 1. The molecule has 0 amide bonds. The van der Waals surface area contributed by atoms with Crippen molar-refractivity contribution in [3.05, 3.63) is 29.3 Å². The molecular weight excluding hydrogens is 204 g/mol. The first-order valence-corrected chi connectivity index (χ1v) is 5.69. The Balaban J connectivity index is 2.32. The van der Waals surface area contributed by atoms with Crippen LogP contribution in [0.25, 0.3) is 0 Å². The first kappa shape index (κ1) is 10.9. The zero-order valence-corrected chi connectivity index (χ0v) is 8.94. The number of aliphatic hydroxyl groups is 1. The third kappa shape index (κ3) is 4.03. The van der Waals surface area contributed by atoms with E-state index < -0.39 is 0 Å². The molecule has 0 aliphatic carbocycles. The number of halogens is 1. The van der Waals surface area contributed by atoms with Crippen molar-refractivity contribution in [2.75, 3.05) is 12.4 Å². The molecule has 0 heterocycles. The fraction of sp³-hybridized carbons (Fsp3) is 0.400. The molecule has 3 heteroatoms. The van der Waals surface area contributed by atoms with Crippen LogP contribution in [0.5, 0.6) is 0 Å². The van der Waals surface area contributed by atoms with Gasteiger partial charge >= 0.3 is 0 Å². The molecule has 0 spiro atoms.